The summed E-state index contributed by atoms with van der Waals surface area (Å²) in [6.45, 7) is 1.61. The Morgan fingerprint density at radius 2 is 1.95 bits per heavy atom. The van der Waals surface area contributed by atoms with Crippen molar-refractivity contribution < 1.29 is 8.42 Å². The summed E-state index contributed by atoms with van der Waals surface area (Å²) in [6.07, 6.45) is 5.14. The summed E-state index contributed by atoms with van der Waals surface area (Å²) >= 11 is 1.96. The van der Waals surface area contributed by atoms with E-state index < -0.39 is 10.2 Å². The Morgan fingerprint density at radius 3 is 2.63 bits per heavy atom. The Bertz CT molecular complexity index is 369. The summed E-state index contributed by atoms with van der Waals surface area (Å²) in [5.41, 5.74) is 5.69. The van der Waals surface area contributed by atoms with Gasteiger partial charge in [-0.25, -0.2) is 4.72 Å². The number of hydrogen-bond acceptors (Lipinski definition) is 4. The van der Waals surface area contributed by atoms with E-state index in [-0.39, 0.29) is 6.04 Å². The lowest BCUT2D eigenvalue weighted by Gasteiger charge is -2.34. The molecular weight excluding hydrogens is 282 g/mol. The number of nitrogens with two attached hydrogens (primary N) is 1. The van der Waals surface area contributed by atoms with Crippen LogP contribution in [-0.4, -0.2) is 49.9 Å². The summed E-state index contributed by atoms with van der Waals surface area (Å²) in [6, 6.07) is -0.0202. The van der Waals surface area contributed by atoms with Gasteiger partial charge in [0.15, 0.2) is 0 Å². The third-order valence-corrected chi connectivity index (χ3v) is 6.73. The zero-order valence-electron chi connectivity index (χ0n) is 11.4. The van der Waals surface area contributed by atoms with Gasteiger partial charge < -0.3 is 5.73 Å². The number of hydrogen-bond donors (Lipinski definition) is 2. The molecule has 0 bridgehead atoms. The standard InChI is InChI=1S/C12H25N3O2S2/c13-9-12-3-1-2-6-15(12)19(16,17)14-10-11-4-7-18-8-5-11/h11-12,14H,1-10,13H2. The van der Waals surface area contributed by atoms with Crippen LogP contribution in [0, 0.1) is 5.92 Å². The van der Waals surface area contributed by atoms with E-state index in [2.05, 4.69) is 4.72 Å². The topological polar surface area (TPSA) is 75.4 Å². The van der Waals surface area contributed by atoms with E-state index in [9.17, 15) is 8.42 Å². The third kappa shape index (κ3) is 4.32. The predicted molar refractivity (Wildman–Crippen MR) is 80.4 cm³/mol. The van der Waals surface area contributed by atoms with Crippen molar-refractivity contribution in [3.8, 4) is 0 Å². The fraction of sp³-hybridized carbons (Fsp3) is 1.00. The maximum Gasteiger partial charge on any atom is 0.279 e. The van der Waals surface area contributed by atoms with Gasteiger partial charge in [0.2, 0.25) is 0 Å². The van der Waals surface area contributed by atoms with Gasteiger partial charge in [0.05, 0.1) is 0 Å². The monoisotopic (exact) mass is 307 g/mol. The molecule has 112 valence electrons. The van der Waals surface area contributed by atoms with Gasteiger partial charge in [-0.05, 0) is 43.1 Å². The zero-order chi connectivity index (χ0) is 13.7. The molecule has 0 radical (unpaired) electrons. The van der Waals surface area contributed by atoms with Crippen LogP contribution in [0.5, 0.6) is 0 Å². The highest BCUT2D eigenvalue weighted by atomic mass is 32.2. The van der Waals surface area contributed by atoms with Crippen LogP contribution in [0.4, 0.5) is 0 Å². The minimum Gasteiger partial charge on any atom is -0.329 e. The number of nitrogens with zero attached hydrogens (tertiary/aromatic N) is 1. The highest BCUT2D eigenvalue weighted by Crippen LogP contribution is 2.23. The fourth-order valence-electron chi connectivity index (χ4n) is 2.78. The molecule has 19 heavy (non-hydrogen) atoms. The van der Waals surface area contributed by atoms with E-state index in [0.29, 0.717) is 25.6 Å². The van der Waals surface area contributed by atoms with Crippen LogP contribution >= 0.6 is 11.8 Å². The summed E-state index contributed by atoms with van der Waals surface area (Å²) in [7, 11) is -3.35. The average molecular weight is 307 g/mol. The normalized spacial score (nSPS) is 27.5. The summed E-state index contributed by atoms with van der Waals surface area (Å²) < 4.78 is 29.1. The smallest absolute Gasteiger partial charge is 0.279 e. The summed E-state index contributed by atoms with van der Waals surface area (Å²) in [5.74, 6) is 2.81. The molecule has 0 saturated carbocycles. The SMILES string of the molecule is NCC1CCCCN1S(=O)(=O)NCC1CCSCC1. The van der Waals surface area contributed by atoms with Crippen LogP contribution in [0.1, 0.15) is 32.1 Å². The largest absolute Gasteiger partial charge is 0.329 e. The Morgan fingerprint density at radius 1 is 1.21 bits per heavy atom. The second-order valence-corrected chi connectivity index (χ2v) is 8.34. The quantitative estimate of drug-likeness (QED) is 0.787. The van der Waals surface area contributed by atoms with Gasteiger partial charge in [-0.2, -0.15) is 24.5 Å². The number of nitrogens with one attached hydrogen (secondary N) is 1. The molecule has 2 heterocycles. The molecule has 2 fully saturated rings. The van der Waals surface area contributed by atoms with Crippen molar-refractivity contribution in [3.05, 3.63) is 0 Å². The molecule has 0 aliphatic carbocycles. The zero-order valence-corrected chi connectivity index (χ0v) is 13.0. The molecule has 2 rings (SSSR count). The van der Waals surface area contributed by atoms with E-state index in [0.717, 1.165) is 43.6 Å². The number of rotatable bonds is 5. The van der Waals surface area contributed by atoms with Gasteiger partial charge in [0.25, 0.3) is 10.2 Å². The molecule has 5 nitrogen and oxygen atoms in total. The van der Waals surface area contributed by atoms with Crippen molar-refractivity contribution in [1.82, 2.24) is 9.03 Å². The van der Waals surface area contributed by atoms with Gasteiger partial charge in [-0.15, -0.1) is 0 Å². The first-order valence-corrected chi connectivity index (χ1v) is 9.77. The molecule has 0 amide bonds. The van der Waals surface area contributed by atoms with Crippen LogP contribution in [0.15, 0.2) is 0 Å². The molecule has 0 aromatic carbocycles. The van der Waals surface area contributed by atoms with Gasteiger partial charge in [0.1, 0.15) is 0 Å². The molecule has 1 unspecified atom stereocenters. The van der Waals surface area contributed by atoms with Gasteiger partial charge >= 0.3 is 0 Å². The number of thioether (sulfide) groups is 1. The second kappa shape index (κ2) is 7.26. The first-order valence-electron chi connectivity index (χ1n) is 7.17. The first-order chi connectivity index (χ1) is 9.13. The Hall–Kier alpha value is 0.180. The molecule has 2 aliphatic heterocycles. The summed E-state index contributed by atoms with van der Waals surface area (Å²) in [5, 5.41) is 0. The lowest BCUT2D eigenvalue weighted by Crippen LogP contribution is -2.52. The van der Waals surface area contributed by atoms with Crippen molar-refractivity contribution in [1.29, 1.82) is 0 Å². The first kappa shape index (κ1) is 15.6. The highest BCUT2D eigenvalue weighted by molar-refractivity contribution is 7.99. The van der Waals surface area contributed by atoms with E-state index in [1.165, 1.54) is 0 Å². The molecule has 1 atom stereocenters. The van der Waals surface area contributed by atoms with Crippen molar-refractivity contribution in [3.63, 3.8) is 0 Å². The molecule has 0 aromatic heterocycles. The van der Waals surface area contributed by atoms with E-state index in [1.54, 1.807) is 4.31 Å². The van der Waals surface area contributed by atoms with E-state index in [1.807, 2.05) is 11.8 Å². The maximum atomic E-state index is 12.4. The average Bonchev–Trinajstić information content (AvgIpc) is 2.46. The molecule has 2 saturated heterocycles. The maximum absolute atomic E-state index is 12.4. The van der Waals surface area contributed by atoms with Crippen molar-refractivity contribution in [2.45, 2.75) is 38.1 Å². The lowest BCUT2D eigenvalue weighted by atomic mass is 10.0. The molecular formula is C12H25N3O2S2. The third-order valence-electron chi connectivity index (χ3n) is 4.05. The molecule has 7 heteroatoms. The van der Waals surface area contributed by atoms with Crippen LogP contribution in [-0.2, 0) is 10.2 Å². The van der Waals surface area contributed by atoms with Crippen LogP contribution in [0.2, 0.25) is 0 Å². The van der Waals surface area contributed by atoms with Crippen LogP contribution in [0.25, 0.3) is 0 Å². The Labute approximate surface area is 120 Å². The highest BCUT2D eigenvalue weighted by Gasteiger charge is 2.31. The second-order valence-electron chi connectivity index (χ2n) is 5.41. The van der Waals surface area contributed by atoms with E-state index in [4.69, 9.17) is 5.73 Å². The molecule has 3 N–H and O–H groups in total. The van der Waals surface area contributed by atoms with E-state index >= 15 is 0 Å². The molecule has 0 spiro atoms. The Balaban J connectivity index is 1.89. The van der Waals surface area contributed by atoms with Gasteiger partial charge in [-0.1, -0.05) is 6.42 Å². The minimum absolute atomic E-state index is 0.0202. The van der Waals surface area contributed by atoms with Crippen molar-refractivity contribution >= 4 is 22.0 Å². The Kier molecular flexibility index (Phi) is 5.95. The van der Waals surface area contributed by atoms with Crippen LogP contribution in [0.3, 0.4) is 0 Å². The van der Waals surface area contributed by atoms with Gasteiger partial charge in [0, 0.05) is 25.7 Å². The summed E-state index contributed by atoms with van der Waals surface area (Å²) in [4.78, 5) is 0. The molecule has 0 aromatic rings. The lowest BCUT2D eigenvalue weighted by molar-refractivity contribution is 0.253. The fourth-order valence-corrected chi connectivity index (χ4v) is 5.55. The minimum atomic E-state index is -3.35. The number of piperidine rings is 1. The van der Waals surface area contributed by atoms with Crippen molar-refractivity contribution in [2.75, 3.05) is 31.1 Å². The van der Waals surface area contributed by atoms with Crippen molar-refractivity contribution in [2.24, 2.45) is 11.7 Å². The molecule has 2 aliphatic rings. The van der Waals surface area contributed by atoms with Crippen LogP contribution < -0.4 is 10.5 Å². The predicted octanol–water partition coefficient (Wildman–Crippen LogP) is 0.777. The van der Waals surface area contributed by atoms with Gasteiger partial charge in [-0.3, -0.25) is 0 Å².